The van der Waals surface area contributed by atoms with Gasteiger partial charge in [-0.3, -0.25) is 4.79 Å². The van der Waals surface area contributed by atoms with Gasteiger partial charge in [0.25, 0.3) is 5.91 Å². The molecule has 1 unspecified atom stereocenters. The molecule has 0 bridgehead atoms. The highest BCUT2D eigenvalue weighted by Crippen LogP contribution is 2.03. The Morgan fingerprint density at radius 3 is 2.53 bits per heavy atom. The van der Waals surface area contributed by atoms with Gasteiger partial charge in [-0.15, -0.1) is 0 Å². The molecule has 0 aromatic heterocycles. The molecule has 1 atom stereocenters. The zero-order valence-electron chi connectivity index (χ0n) is 8.63. The van der Waals surface area contributed by atoms with Gasteiger partial charge in [-0.1, -0.05) is 30.3 Å². The molecule has 1 rings (SSSR count). The van der Waals surface area contributed by atoms with Gasteiger partial charge in [0, 0.05) is 13.6 Å². The molecule has 1 aromatic carbocycles. The summed E-state index contributed by atoms with van der Waals surface area (Å²) in [6.45, 7) is -0.116. The topological polar surface area (TPSA) is 60.8 Å². The van der Waals surface area contributed by atoms with Gasteiger partial charge in [0.2, 0.25) is 0 Å². The van der Waals surface area contributed by atoms with E-state index < -0.39 is 18.6 Å². The first-order valence-electron chi connectivity index (χ1n) is 4.73. The second-order valence-electron chi connectivity index (χ2n) is 3.38. The minimum Gasteiger partial charge on any atom is -0.393 e. The van der Waals surface area contributed by atoms with Crippen LogP contribution < -0.4 is 0 Å². The maximum absolute atomic E-state index is 11.4. The van der Waals surface area contributed by atoms with Gasteiger partial charge in [0.05, 0.1) is 6.61 Å². The van der Waals surface area contributed by atoms with E-state index in [1.807, 2.05) is 30.3 Å². The third-order valence-corrected chi connectivity index (χ3v) is 2.10. The number of hydrogen-bond donors (Lipinski definition) is 2. The van der Waals surface area contributed by atoms with Crippen molar-refractivity contribution in [1.29, 1.82) is 0 Å². The number of hydrogen-bond acceptors (Lipinski definition) is 3. The van der Waals surface area contributed by atoms with E-state index in [1.54, 1.807) is 7.05 Å². The Bertz CT molecular complexity index is 313. The summed E-state index contributed by atoms with van der Waals surface area (Å²) in [5.41, 5.74) is 0.985. The van der Waals surface area contributed by atoms with E-state index in [1.165, 1.54) is 4.90 Å². The summed E-state index contributed by atoms with van der Waals surface area (Å²) in [6, 6.07) is 9.46. The molecule has 82 valence electrons. The molecule has 0 aliphatic heterocycles. The predicted molar refractivity (Wildman–Crippen MR) is 56.0 cm³/mol. The molecule has 4 heteroatoms. The smallest absolute Gasteiger partial charge is 0.253 e. The van der Waals surface area contributed by atoms with Crippen LogP contribution in [-0.2, 0) is 11.3 Å². The molecular weight excluding hydrogens is 194 g/mol. The molecule has 0 aliphatic carbocycles. The van der Waals surface area contributed by atoms with Crippen LogP contribution >= 0.6 is 0 Å². The number of carbonyl (C=O) groups is 1. The van der Waals surface area contributed by atoms with Gasteiger partial charge in [0.1, 0.15) is 0 Å². The Kier molecular flexibility index (Phi) is 4.27. The van der Waals surface area contributed by atoms with Gasteiger partial charge in [-0.05, 0) is 5.56 Å². The first-order chi connectivity index (χ1) is 7.15. The highest BCUT2D eigenvalue weighted by Gasteiger charge is 2.17. The van der Waals surface area contributed by atoms with Crippen LogP contribution in [-0.4, -0.2) is 40.8 Å². The van der Waals surface area contributed by atoms with Crippen molar-refractivity contribution in [2.24, 2.45) is 0 Å². The summed E-state index contributed by atoms with van der Waals surface area (Å²) in [4.78, 5) is 12.8. The zero-order valence-corrected chi connectivity index (χ0v) is 8.63. The minimum atomic E-state index is -1.32. The summed E-state index contributed by atoms with van der Waals surface area (Å²) in [7, 11) is 1.59. The number of likely N-dealkylation sites (N-methyl/N-ethyl adjacent to an activating group) is 1. The summed E-state index contributed by atoms with van der Waals surface area (Å²) in [5.74, 6) is -0.471. The second-order valence-corrected chi connectivity index (χ2v) is 3.38. The molecule has 0 saturated heterocycles. The largest absolute Gasteiger partial charge is 0.393 e. The number of benzene rings is 1. The zero-order chi connectivity index (χ0) is 11.3. The van der Waals surface area contributed by atoms with Crippen molar-refractivity contribution in [2.75, 3.05) is 13.7 Å². The Hall–Kier alpha value is -1.39. The van der Waals surface area contributed by atoms with E-state index in [9.17, 15) is 4.79 Å². The third kappa shape index (κ3) is 3.34. The monoisotopic (exact) mass is 209 g/mol. The van der Waals surface area contributed by atoms with E-state index in [0.717, 1.165) is 5.56 Å². The maximum atomic E-state index is 11.4. The van der Waals surface area contributed by atoms with Gasteiger partial charge < -0.3 is 15.1 Å². The fourth-order valence-corrected chi connectivity index (χ4v) is 1.27. The van der Waals surface area contributed by atoms with Crippen molar-refractivity contribution in [3.63, 3.8) is 0 Å². The number of nitrogens with zero attached hydrogens (tertiary/aromatic N) is 1. The molecule has 2 N–H and O–H groups in total. The highest BCUT2D eigenvalue weighted by molar-refractivity contribution is 5.80. The lowest BCUT2D eigenvalue weighted by molar-refractivity contribution is -0.141. The van der Waals surface area contributed by atoms with Gasteiger partial charge >= 0.3 is 0 Å². The van der Waals surface area contributed by atoms with E-state index >= 15 is 0 Å². The van der Waals surface area contributed by atoms with Crippen LogP contribution in [0.1, 0.15) is 5.56 Å². The van der Waals surface area contributed by atoms with Crippen LogP contribution in [0.2, 0.25) is 0 Å². The summed E-state index contributed by atoms with van der Waals surface area (Å²) >= 11 is 0. The molecule has 0 fully saturated rings. The molecule has 15 heavy (non-hydrogen) atoms. The second kappa shape index (κ2) is 5.48. The van der Waals surface area contributed by atoms with E-state index in [2.05, 4.69) is 0 Å². The fraction of sp³-hybridized carbons (Fsp3) is 0.364. The van der Waals surface area contributed by atoms with Crippen molar-refractivity contribution in [3.05, 3.63) is 35.9 Å². The van der Waals surface area contributed by atoms with Crippen LogP contribution in [0.3, 0.4) is 0 Å². The number of aliphatic hydroxyl groups is 2. The van der Waals surface area contributed by atoms with Crippen molar-refractivity contribution < 1.29 is 15.0 Å². The van der Waals surface area contributed by atoms with Crippen molar-refractivity contribution in [2.45, 2.75) is 12.6 Å². The predicted octanol–water partition coefficient (Wildman–Crippen LogP) is -0.00180. The summed E-state index contributed by atoms with van der Waals surface area (Å²) in [6.07, 6.45) is -1.32. The van der Waals surface area contributed by atoms with Crippen LogP contribution in [0.15, 0.2) is 30.3 Å². The van der Waals surface area contributed by atoms with Gasteiger partial charge in [-0.2, -0.15) is 0 Å². The number of aliphatic hydroxyl groups excluding tert-OH is 2. The van der Waals surface area contributed by atoms with Crippen LogP contribution in [0, 0.1) is 0 Å². The first kappa shape index (κ1) is 11.7. The molecule has 4 nitrogen and oxygen atoms in total. The van der Waals surface area contributed by atoms with Gasteiger partial charge in [0.15, 0.2) is 6.10 Å². The SMILES string of the molecule is CN(Cc1ccccc1)C(=O)C(O)CO. The Morgan fingerprint density at radius 2 is 2.00 bits per heavy atom. The first-order valence-corrected chi connectivity index (χ1v) is 4.73. The van der Waals surface area contributed by atoms with Crippen LogP contribution in [0.25, 0.3) is 0 Å². The Balaban J connectivity index is 2.56. The standard InChI is InChI=1S/C11H15NO3/c1-12(11(15)10(14)8-13)7-9-5-3-2-4-6-9/h2-6,10,13-14H,7-8H2,1H3. The Morgan fingerprint density at radius 1 is 1.40 bits per heavy atom. The lowest BCUT2D eigenvalue weighted by Crippen LogP contribution is -2.37. The maximum Gasteiger partial charge on any atom is 0.253 e. The quantitative estimate of drug-likeness (QED) is 0.733. The van der Waals surface area contributed by atoms with Crippen molar-refractivity contribution in [1.82, 2.24) is 4.90 Å². The van der Waals surface area contributed by atoms with E-state index in [4.69, 9.17) is 10.2 Å². The fourth-order valence-electron chi connectivity index (χ4n) is 1.27. The van der Waals surface area contributed by atoms with E-state index in [0.29, 0.717) is 6.54 Å². The number of amides is 1. The normalized spacial score (nSPS) is 12.2. The lowest BCUT2D eigenvalue weighted by atomic mass is 10.2. The van der Waals surface area contributed by atoms with Crippen molar-refractivity contribution >= 4 is 5.91 Å². The Labute approximate surface area is 88.8 Å². The molecule has 0 heterocycles. The third-order valence-electron chi connectivity index (χ3n) is 2.10. The molecule has 1 amide bonds. The average Bonchev–Trinajstić information content (AvgIpc) is 2.28. The van der Waals surface area contributed by atoms with E-state index in [-0.39, 0.29) is 0 Å². The average molecular weight is 209 g/mol. The molecule has 1 aromatic rings. The summed E-state index contributed by atoms with van der Waals surface area (Å²) < 4.78 is 0. The number of carbonyl (C=O) groups excluding carboxylic acids is 1. The molecule has 0 saturated carbocycles. The van der Waals surface area contributed by atoms with Crippen LogP contribution in [0.4, 0.5) is 0 Å². The van der Waals surface area contributed by atoms with Gasteiger partial charge in [-0.25, -0.2) is 0 Å². The number of rotatable bonds is 4. The molecule has 0 aliphatic rings. The highest BCUT2D eigenvalue weighted by atomic mass is 16.3. The molecule has 0 spiro atoms. The molecular formula is C11H15NO3. The minimum absolute atomic E-state index is 0.427. The molecule has 0 radical (unpaired) electrons. The van der Waals surface area contributed by atoms with Crippen molar-refractivity contribution in [3.8, 4) is 0 Å². The van der Waals surface area contributed by atoms with Crippen LogP contribution in [0.5, 0.6) is 0 Å². The lowest BCUT2D eigenvalue weighted by Gasteiger charge is -2.19. The summed E-state index contributed by atoms with van der Waals surface area (Å²) in [5, 5.41) is 17.8.